The number of carbonyl (C=O) groups is 2. The quantitative estimate of drug-likeness (QED) is 0.662. The minimum Gasteiger partial charge on any atom is -0.378 e. The molecule has 4 rings (SSSR count). The van der Waals surface area contributed by atoms with Gasteiger partial charge in [0, 0.05) is 19.2 Å². The summed E-state index contributed by atoms with van der Waals surface area (Å²) in [6, 6.07) is 11.6. The molecule has 0 spiro atoms. The van der Waals surface area contributed by atoms with E-state index in [1.54, 1.807) is 12.1 Å². The molecule has 1 atom stereocenters. The molecule has 1 amide bonds. The highest BCUT2D eigenvalue weighted by molar-refractivity contribution is 7.18. The highest BCUT2D eigenvalue weighted by atomic mass is 35.5. The van der Waals surface area contributed by atoms with Gasteiger partial charge in [0.2, 0.25) is 0 Å². The Balaban J connectivity index is 1.59. The number of nitrogens with zero attached hydrogens (tertiary/aromatic N) is 1. The first-order valence-corrected chi connectivity index (χ1v) is 8.97. The van der Waals surface area contributed by atoms with Gasteiger partial charge in [0.15, 0.2) is 5.78 Å². The third-order valence-electron chi connectivity index (χ3n) is 4.48. The van der Waals surface area contributed by atoms with Crippen molar-refractivity contribution in [2.75, 3.05) is 13.1 Å². The summed E-state index contributed by atoms with van der Waals surface area (Å²) in [5, 5.41) is 3.14. The maximum atomic E-state index is 12.8. The fourth-order valence-electron chi connectivity index (χ4n) is 3.31. The molecule has 3 heterocycles. The van der Waals surface area contributed by atoms with E-state index in [2.05, 4.69) is 17.4 Å². The van der Waals surface area contributed by atoms with Crippen LogP contribution in [0.25, 0.3) is 0 Å². The van der Waals surface area contributed by atoms with Gasteiger partial charge in [-0.15, -0.1) is 11.3 Å². The van der Waals surface area contributed by atoms with Crippen LogP contribution in [-0.4, -0.2) is 29.7 Å². The molecule has 1 aromatic carbocycles. The Morgan fingerprint density at radius 3 is 2.92 bits per heavy atom. The summed E-state index contributed by atoms with van der Waals surface area (Å²) >= 11 is 7.09. The SMILES string of the molecule is O=C(C=C1NCC2c3ccccc3CCN2C1=O)c1ccc(Cl)s1. The van der Waals surface area contributed by atoms with Gasteiger partial charge in [-0.1, -0.05) is 35.9 Å². The topological polar surface area (TPSA) is 49.4 Å². The first-order chi connectivity index (χ1) is 11.6. The van der Waals surface area contributed by atoms with Crippen LogP contribution in [0.15, 0.2) is 48.2 Å². The van der Waals surface area contributed by atoms with E-state index in [9.17, 15) is 9.59 Å². The molecule has 0 bridgehead atoms. The molecule has 0 radical (unpaired) electrons. The molecule has 0 aliphatic carbocycles. The van der Waals surface area contributed by atoms with Gasteiger partial charge >= 0.3 is 0 Å². The van der Waals surface area contributed by atoms with Crippen molar-refractivity contribution in [3.8, 4) is 0 Å². The number of hydrogen-bond donors (Lipinski definition) is 1. The van der Waals surface area contributed by atoms with Crippen molar-refractivity contribution in [1.82, 2.24) is 10.2 Å². The number of rotatable bonds is 2. The van der Waals surface area contributed by atoms with Crippen LogP contribution in [0, 0.1) is 0 Å². The molecule has 1 fully saturated rings. The average molecular weight is 359 g/mol. The number of carbonyl (C=O) groups excluding carboxylic acids is 2. The molecular weight excluding hydrogens is 344 g/mol. The zero-order valence-electron chi connectivity index (χ0n) is 12.8. The Kier molecular flexibility index (Phi) is 3.90. The predicted octanol–water partition coefficient (Wildman–Crippen LogP) is 3.20. The van der Waals surface area contributed by atoms with Crippen molar-refractivity contribution in [3.63, 3.8) is 0 Å². The number of hydrogen-bond acceptors (Lipinski definition) is 4. The van der Waals surface area contributed by atoms with Crippen LogP contribution < -0.4 is 5.32 Å². The Hall–Kier alpha value is -2.11. The maximum Gasteiger partial charge on any atom is 0.270 e. The van der Waals surface area contributed by atoms with Crippen LogP contribution in [0.3, 0.4) is 0 Å². The first kappa shape index (κ1) is 15.4. The van der Waals surface area contributed by atoms with Crippen LogP contribution in [0.2, 0.25) is 4.34 Å². The minimum atomic E-state index is -0.196. The second kappa shape index (κ2) is 6.07. The number of amides is 1. The van der Waals surface area contributed by atoms with Crippen LogP contribution in [-0.2, 0) is 11.2 Å². The summed E-state index contributed by atoms with van der Waals surface area (Å²) in [5.41, 5.74) is 2.85. The number of halogens is 1. The second-order valence-corrected chi connectivity index (χ2v) is 7.59. The van der Waals surface area contributed by atoms with Crippen molar-refractivity contribution in [2.24, 2.45) is 0 Å². The van der Waals surface area contributed by atoms with Crippen molar-refractivity contribution >= 4 is 34.6 Å². The standard InChI is InChI=1S/C18H15ClN2O2S/c19-17-6-5-16(24-17)15(22)9-13-18(23)21-8-7-11-3-1-2-4-12(11)14(21)10-20-13/h1-6,9,14,20H,7-8,10H2. The lowest BCUT2D eigenvalue weighted by molar-refractivity contribution is -0.132. The fraction of sp³-hybridized carbons (Fsp3) is 0.222. The number of benzene rings is 1. The van der Waals surface area contributed by atoms with E-state index in [4.69, 9.17) is 11.6 Å². The summed E-state index contributed by atoms with van der Waals surface area (Å²) in [6.07, 6.45) is 2.24. The van der Waals surface area contributed by atoms with Gasteiger partial charge in [-0.05, 0) is 29.7 Å². The van der Waals surface area contributed by atoms with E-state index in [0.717, 1.165) is 6.42 Å². The molecular formula is C18H15ClN2O2S. The summed E-state index contributed by atoms with van der Waals surface area (Å²) in [4.78, 5) is 27.5. The van der Waals surface area contributed by atoms with Gasteiger partial charge < -0.3 is 10.2 Å². The van der Waals surface area contributed by atoms with Crippen LogP contribution in [0.4, 0.5) is 0 Å². The molecule has 1 saturated heterocycles. The summed E-state index contributed by atoms with van der Waals surface area (Å²) in [5.74, 6) is -0.310. The van der Waals surface area contributed by atoms with E-state index in [1.807, 2.05) is 17.0 Å². The molecule has 1 N–H and O–H groups in total. The molecule has 1 aromatic heterocycles. The average Bonchev–Trinajstić information content (AvgIpc) is 3.03. The van der Waals surface area contributed by atoms with Crippen molar-refractivity contribution in [3.05, 3.63) is 68.5 Å². The van der Waals surface area contributed by atoms with E-state index in [1.165, 1.54) is 28.5 Å². The monoisotopic (exact) mass is 358 g/mol. The number of piperazine rings is 1. The van der Waals surface area contributed by atoms with Gasteiger partial charge in [-0.25, -0.2) is 0 Å². The Labute approximate surface area is 148 Å². The predicted molar refractivity (Wildman–Crippen MR) is 94.3 cm³/mol. The van der Waals surface area contributed by atoms with Gasteiger partial charge in [0.1, 0.15) is 5.70 Å². The van der Waals surface area contributed by atoms with E-state index in [0.29, 0.717) is 28.0 Å². The highest BCUT2D eigenvalue weighted by Crippen LogP contribution is 2.32. The number of allylic oxidation sites excluding steroid dienone is 1. The third-order valence-corrected chi connectivity index (χ3v) is 5.73. The van der Waals surface area contributed by atoms with Crippen molar-refractivity contribution in [2.45, 2.75) is 12.5 Å². The molecule has 6 heteroatoms. The Morgan fingerprint density at radius 2 is 2.12 bits per heavy atom. The summed E-state index contributed by atoms with van der Waals surface area (Å²) < 4.78 is 0.562. The van der Waals surface area contributed by atoms with E-state index >= 15 is 0 Å². The normalized spacial score (nSPS) is 21.2. The number of ketones is 1. The van der Waals surface area contributed by atoms with Gasteiger partial charge in [-0.2, -0.15) is 0 Å². The minimum absolute atomic E-state index is 0.0332. The Bertz CT molecular complexity index is 858. The molecule has 4 nitrogen and oxygen atoms in total. The largest absolute Gasteiger partial charge is 0.378 e. The van der Waals surface area contributed by atoms with Crippen molar-refractivity contribution in [1.29, 1.82) is 0 Å². The number of nitrogens with one attached hydrogen (secondary N) is 1. The number of thiophene rings is 1. The second-order valence-electron chi connectivity index (χ2n) is 5.87. The molecule has 2 aromatic rings. The zero-order chi connectivity index (χ0) is 16.7. The lowest BCUT2D eigenvalue weighted by Gasteiger charge is -2.41. The van der Waals surface area contributed by atoms with Crippen LogP contribution >= 0.6 is 22.9 Å². The summed E-state index contributed by atoms with van der Waals surface area (Å²) in [7, 11) is 0. The first-order valence-electron chi connectivity index (χ1n) is 7.77. The maximum absolute atomic E-state index is 12.8. The highest BCUT2D eigenvalue weighted by Gasteiger charge is 2.36. The smallest absolute Gasteiger partial charge is 0.270 e. The lowest BCUT2D eigenvalue weighted by Crippen LogP contribution is -2.51. The molecule has 0 saturated carbocycles. The summed E-state index contributed by atoms with van der Waals surface area (Å²) in [6.45, 7) is 1.30. The fourth-order valence-corrected chi connectivity index (χ4v) is 4.27. The van der Waals surface area contributed by atoms with E-state index in [-0.39, 0.29) is 17.7 Å². The molecule has 2 aliphatic heterocycles. The van der Waals surface area contributed by atoms with Gasteiger partial charge in [-0.3, -0.25) is 9.59 Å². The molecule has 1 unspecified atom stereocenters. The van der Waals surface area contributed by atoms with Gasteiger partial charge in [0.25, 0.3) is 5.91 Å². The Morgan fingerprint density at radius 1 is 1.29 bits per heavy atom. The van der Waals surface area contributed by atoms with Gasteiger partial charge in [0.05, 0.1) is 15.3 Å². The molecule has 2 aliphatic rings. The third kappa shape index (κ3) is 2.64. The van der Waals surface area contributed by atoms with Crippen molar-refractivity contribution < 1.29 is 9.59 Å². The lowest BCUT2D eigenvalue weighted by atomic mass is 9.91. The molecule has 24 heavy (non-hydrogen) atoms. The van der Waals surface area contributed by atoms with Crippen LogP contribution in [0.1, 0.15) is 26.8 Å². The molecule has 122 valence electrons. The van der Waals surface area contributed by atoms with E-state index < -0.39 is 0 Å². The zero-order valence-corrected chi connectivity index (χ0v) is 14.4. The van der Waals surface area contributed by atoms with Crippen LogP contribution in [0.5, 0.6) is 0 Å². The number of fused-ring (bicyclic) bond motifs is 3.